The summed E-state index contributed by atoms with van der Waals surface area (Å²) in [6.07, 6.45) is 5.76. The largest absolute Gasteiger partial charge is 0.354 e. The second kappa shape index (κ2) is 7.01. The zero-order valence-corrected chi connectivity index (χ0v) is 14.4. The SMILES string of the molecule is CCCNC(=O)C1COC2(CCCCC2)N1C(=O)c1cccs1. The van der Waals surface area contributed by atoms with E-state index in [1.54, 1.807) is 4.90 Å². The first-order valence-corrected chi connectivity index (χ1v) is 9.35. The van der Waals surface area contributed by atoms with Gasteiger partial charge in [0.05, 0.1) is 11.5 Å². The molecule has 1 spiro atoms. The number of carbonyl (C=O) groups excluding carboxylic acids is 2. The summed E-state index contributed by atoms with van der Waals surface area (Å²) >= 11 is 1.42. The van der Waals surface area contributed by atoms with Crippen molar-refractivity contribution in [1.82, 2.24) is 10.2 Å². The molecule has 2 heterocycles. The first kappa shape index (κ1) is 16.5. The molecule has 6 heteroatoms. The van der Waals surface area contributed by atoms with Crippen LogP contribution in [0.1, 0.15) is 55.1 Å². The Morgan fingerprint density at radius 2 is 2.17 bits per heavy atom. The number of carbonyl (C=O) groups is 2. The van der Waals surface area contributed by atoms with Crippen LogP contribution in [0.5, 0.6) is 0 Å². The molecule has 2 fully saturated rings. The van der Waals surface area contributed by atoms with Gasteiger partial charge in [0.15, 0.2) is 0 Å². The minimum absolute atomic E-state index is 0.0731. The number of hydrogen-bond donors (Lipinski definition) is 1. The zero-order valence-electron chi connectivity index (χ0n) is 13.5. The number of ether oxygens (including phenoxy) is 1. The van der Waals surface area contributed by atoms with Gasteiger partial charge < -0.3 is 10.1 Å². The van der Waals surface area contributed by atoms with E-state index in [0.29, 0.717) is 18.0 Å². The Labute approximate surface area is 141 Å². The molecule has 1 aliphatic heterocycles. The van der Waals surface area contributed by atoms with Crippen LogP contribution in [-0.4, -0.2) is 41.6 Å². The van der Waals surface area contributed by atoms with E-state index in [2.05, 4.69) is 5.32 Å². The summed E-state index contributed by atoms with van der Waals surface area (Å²) in [5, 5.41) is 4.81. The van der Waals surface area contributed by atoms with Crippen LogP contribution in [0.15, 0.2) is 17.5 Å². The fourth-order valence-electron chi connectivity index (χ4n) is 3.56. The van der Waals surface area contributed by atoms with Crippen molar-refractivity contribution in [3.05, 3.63) is 22.4 Å². The van der Waals surface area contributed by atoms with Gasteiger partial charge in [-0.05, 0) is 43.6 Å². The van der Waals surface area contributed by atoms with Gasteiger partial charge in [-0.25, -0.2) is 0 Å². The average Bonchev–Trinajstić information content (AvgIpc) is 3.21. The topological polar surface area (TPSA) is 58.6 Å². The molecule has 1 saturated carbocycles. The molecule has 1 atom stereocenters. The van der Waals surface area contributed by atoms with Gasteiger partial charge in [0, 0.05) is 6.54 Å². The lowest BCUT2D eigenvalue weighted by molar-refractivity contribution is -0.127. The van der Waals surface area contributed by atoms with Crippen LogP contribution in [0.25, 0.3) is 0 Å². The van der Waals surface area contributed by atoms with E-state index in [9.17, 15) is 9.59 Å². The fourth-order valence-corrected chi connectivity index (χ4v) is 4.22. The molecule has 126 valence electrons. The Morgan fingerprint density at radius 1 is 1.39 bits per heavy atom. The van der Waals surface area contributed by atoms with Crippen LogP contribution in [-0.2, 0) is 9.53 Å². The molecule has 0 bridgehead atoms. The molecule has 1 aromatic rings. The smallest absolute Gasteiger partial charge is 0.266 e. The highest BCUT2D eigenvalue weighted by Gasteiger charge is 2.53. The van der Waals surface area contributed by atoms with Crippen molar-refractivity contribution >= 4 is 23.2 Å². The predicted molar refractivity (Wildman–Crippen MR) is 89.3 cm³/mol. The highest BCUT2D eigenvalue weighted by Crippen LogP contribution is 2.41. The Morgan fingerprint density at radius 3 is 2.83 bits per heavy atom. The number of amides is 2. The number of nitrogens with one attached hydrogen (secondary N) is 1. The van der Waals surface area contributed by atoms with Crippen molar-refractivity contribution in [2.75, 3.05) is 13.2 Å². The lowest BCUT2D eigenvalue weighted by Gasteiger charge is -2.41. The van der Waals surface area contributed by atoms with Crippen LogP contribution in [0.4, 0.5) is 0 Å². The maximum absolute atomic E-state index is 13.0. The van der Waals surface area contributed by atoms with Gasteiger partial charge in [-0.2, -0.15) is 0 Å². The predicted octanol–water partition coefficient (Wildman–Crippen LogP) is 2.78. The summed E-state index contributed by atoms with van der Waals surface area (Å²) in [6, 6.07) is 3.17. The van der Waals surface area contributed by atoms with Crippen molar-refractivity contribution < 1.29 is 14.3 Å². The second-order valence-electron chi connectivity index (χ2n) is 6.28. The third-order valence-electron chi connectivity index (χ3n) is 4.70. The number of thiophene rings is 1. The molecule has 1 N–H and O–H groups in total. The Hall–Kier alpha value is -1.40. The van der Waals surface area contributed by atoms with E-state index in [4.69, 9.17) is 4.74 Å². The molecule has 0 aromatic carbocycles. The monoisotopic (exact) mass is 336 g/mol. The lowest BCUT2D eigenvalue weighted by atomic mass is 9.90. The minimum Gasteiger partial charge on any atom is -0.354 e. The first-order chi connectivity index (χ1) is 11.2. The van der Waals surface area contributed by atoms with Gasteiger partial charge in [0.2, 0.25) is 5.91 Å². The minimum atomic E-state index is -0.590. The van der Waals surface area contributed by atoms with Crippen molar-refractivity contribution in [2.24, 2.45) is 0 Å². The van der Waals surface area contributed by atoms with Crippen molar-refractivity contribution in [2.45, 2.75) is 57.2 Å². The van der Waals surface area contributed by atoms with Gasteiger partial charge in [0.1, 0.15) is 11.8 Å². The molecule has 1 aromatic heterocycles. The van der Waals surface area contributed by atoms with Crippen LogP contribution in [0, 0.1) is 0 Å². The van der Waals surface area contributed by atoms with E-state index in [0.717, 1.165) is 32.1 Å². The highest BCUT2D eigenvalue weighted by molar-refractivity contribution is 7.12. The highest BCUT2D eigenvalue weighted by atomic mass is 32.1. The molecular formula is C17H24N2O3S. The normalized spacial score (nSPS) is 23.2. The molecular weight excluding hydrogens is 312 g/mol. The maximum Gasteiger partial charge on any atom is 0.266 e. The third-order valence-corrected chi connectivity index (χ3v) is 5.56. The van der Waals surface area contributed by atoms with Crippen molar-refractivity contribution in [3.63, 3.8) is 0 Å². The summed E-state index contributed by atoms with van der Waals surface area (Å²) in [5.41, 5.74) is -0.590. The van der Waals surface area contributed by atoms with Crippen LogP contribution in [0.3, 0.4) is 0 Å². The zero-order chi connectivity index (χ0) is 16.3. The molecule has 1 aliphatic carbocycles. The van der Waals surface area contributed by atoms with Crippen LogP contribution in [0.2, 0.25) is 0 Å². The molecule has 3 rings (SSSR count). The van der Waals surface area contributed by atoms with Crippen molar-refractivity contribution in [1.29, 1.82) is 0 Å². The molecule has 1 saturated heterocycles. The van der Waals surface area contributed by atoms with E-state index in [1.807, 2.05) is 24.4 Å². The van der Waals surface area contributed by atoms with E-state index in [1.165, 1.54) is 17.8 Å². The van der Waals surface area contributed by atoms with E-state index < -0.39 is 11.8 Å². The average molecular weight is 336 g/mol. The molecule has 2 amide bonds. The fraction of sp³-hybridized carbons (Fsp3) is 0.647. The number of rotatable bonds is 4. The first-order valence-electron chi connectivity index (χ1n) is 8.47. The van der Waals surface area contributed by atoms with Gasteiger partial charge in [-0.3, -0.25) is 14.5 Å². The van der Waals surface area contributed by atoms with Gasteiger partial charge >= 0.3 is 0 Å². The second-order valence-corrected chi connectivity index (χ2v) is 7.22. The van der Waals surface area contributed by atoms with Gasteiger partial charge in [0.25, 0.3) is 5.91 Å². The standard InChI is InChI=1S/C17H24N2O3S/c1-2-10-18-15(20)13-12-22-17(8-4-3-5-9-17)19(13)16(21)14-7-6-11-23-14/h6-7,11,13H,2-5,8-10,12H2,1H3,(H,18,20). The van der Waals surface area contributed by atoms with Crippen LogP contribution < -0.4 is 5.32 Å². The van der Waals surface area contributed by atoms with Gasteiger partial charge in [-0.1, -0.05) is 19.4 Å². The van der Waals surface area contributed by atoms with Crippen molar-refractivity contribution in [3.8, 4) is 0 Å². The third kappa shape index (κ3) is 3.15. The molecule has 5 nitrogen and oxygen atoms in total. The molecule has 1 unspecified atom stereocenters. The molecule has 0 radical (unpaired) electrons. The summed E-state index contributed by atoms with van der Waals surface area (Å²) in [7, 11) is 0. The Kier molecular flexibility index (Phi) is 5.02. The molecule has 23 heavy (non-hydrogen) atoms. The summed E-state index contributed by atoms with van der Waals surface area (Å²) in [4.78, 5) is 28.0. The Balaban J connectivity index is 1.87. The Bertz CT molecular complexity index is 552. The van der Waals surface area contributed by atoms with Crippen LogP contribution >= 0.6 is 11.3 Å². The summed E-state index contributed by atoms with van der Waals surface area (Å²) < 4.78 is 6.08. The lowest BCUT2D eigenvalue weighted by Crippen LogP contribution is -2.56. The molecule has 2 aliphatic rings. The van der Waals surface area contributed by atoms with E-state index in [-0.39, 0.29) is 11.8 Å². The quantitative estimate of drug-likeness (QED) is 0.920. The summed E-state index contributed by atoms with van der Waals surface area (Å²) in [5.74, 6) is -0.171. The summed E-state index contributed by atoms with van der Waals surface area (Å²) in [6.45, 7) is 2.94. The van der Waals surface area contributed by atoms with Gasteiger partial charge in [-0.15, -0.1) is 11.3 Å². The van der Waals surface area contributed by atoms with E-state index >= 15 is 0 Å². The number of hydrogen-bond acceptors (Lipinski definition) is 4. The number of nitrogens with zero attached hydrogens (tertiary/aromatic N) is 1. The maximum atomic E-state index is 13.0.